The predicted octanol–water partition coefficient (Wildman–Crippen LogP) is 0.618. The highest BCUT2D eigenvalue weighted by Crippen LogP contribution is 2.24. The molecule has 116 valence electrons. The number of anilines is 2. The van der Waals surface area contributed by atoms with E-state index < -0.39 is 0 Å². The SMILES string of the molecule is Cc1cc(N2C[C@@H]3COC[C@H](C2)N(C)C3)nc(N(C)C)n1. The molecule has 3 heterocycles. The summed E-state index contributed by atoms with van der Waals surface area (Å²) >= 11 is 0. The lowest BCUT2D eigenvalue weighted by molar-refractivity contribution is 0.0930. The summed E-state index contributed by atoms with van der Waals surface area (Å²) in [5.41, 5.74) is 1.02. The van der Waals surface area contributed by atoms with Crippen molar-refractivity contribution in [2.45, 2.75) is 13.0 Å². The van der Waals surface area contributed by atoms with Gasteiger partial charge in [0.1, 0.15) is 5.82 Å². The van der Waals surface area contributed by atoms with Crippen molar-refractivity contribution < 1.29 is 4.74 Å². The van der Waals surface area contributed by atoms with Crippen LogP contribution < -0.4 is 9.80 Å². The molecule has 1 aromatic heterocycles. The van der Waals surface area contributed by atoms with Crippen LogP contribution in [0.3, 0.4) is 0 Å². The minimum Gasteiger partial charge on any atom is -0.379 e. The number of fused-ring (bicyclic) bond motifs is 3. The van der Waals surface area contributed by atoms with E-state index in [1.54, 1.807) is 0 Å². The van der Waals surface area contributed by atoms with Crippen LogP contribution in [0.5, 0.6) is 0 Å². The monoisotopic (exact) mass is 291 g/mol. The molecule has 0 spiro atoms. The second kappa shape index (κ2) is 5.77. The van der Waals surface area contributed by atoms with Crippen molar-refractivity contribution in [1.29, 1.82) is 0 Å². The van der Waals surface area contributed by atoms with Gasteiger partial charge in [-0.3, -0.25) is 4.90 Å². The van der Waals surface area contributed by atoms with Crippen molar-refractivity contribution in [3.8, 4) is 0 Å². The normalized spacial score (nSPS) is 26.6. The smallest absolute Gasteiger partial charge is 0.226 e. The van der Waals surface area contributed by atoms with Crippen LogP contribution in [0, 0.1) is 12.8 Å². The standard InChI is InChI=1S/C15H25N5O/c1-11-5-14(17-15(16-11)18(2)3)20-7-12-6-19(4)13(8-20)10-21-9-12/h5,12-13H,6-10H2,1-4H3/t12-,13+/m1/s1. The summed E-state index contributed by atoms with van der Waals surface area (Å²) in [4.78, 5) is 16.0. The maximum Gasteiger partial charge on any atom is 0.226 e. The number of ether oxygens (including phenoxy) is 1. The molecule has 0 aromatic carbocycles. The Morgan fingerprint density at radius 3 is 2.76 bits per heavy atom. The van der Waals surface area contributed by atoms with Gasteiger partial charge in [-0.25, -0.2) is 4.98 Å². The summed E-state index contributed by atoms with van der Waals surface area (Å²) in [5.74, 6) is 2.36. The minimum atomic E-state index is 0.440. The van der Waals surface area contributed by atoms with Crippen molar-refractivity contribution in [3.63, 3.8) is 0 Å². The predicted molar refractivity (Wildman–Crippen MR) is 84.0 cm³/mol. The van der Waals surface area contributed by atoms with Gasteiger partial charge in [0.15, 0.2) is 0 Å². The third kappa shape index (κ3) is 3.11. The van der Waals surface area contributed by atoms with Crippen LogP contribution in [0.2, 0.25) is 0 Å². The maximum absolute atomic E-state index is 5.79. The molecule has 0 N–H and O–H groups in total. The maximum atomic E-state index is 5.79. The number of aromatic nitrogens is 2. The molecule has 2 aliphatic heterocycles. The Kier molecular flexibility index (Phi) is 3.99. The van der Waals surface area contributed by atoms with E-state index in [4.69, 9.17) is 9.72 Å². The Morgan fingerprint density at radius 2 is 2.00 bits per heavy atom. The van der Waals surface area contributed by atoms with Gasteiger partial charge in [-0.05, 0) is 14.0 Å². The van der Waals surface area contributed by atoms with Crippen LogP contribution >= 0.6 is 0 Å². The first-order valence-corrected chi connectivity index (χ1v) is 7.59. The molecule has 3 rings (SSSR count). The van der Waals surface area contributed by atoms with Gasteiger partial charge in [0.25, 0.3) is 0 Å². The Hall–Kier alpha value is -1.40. The average Bonchev–Trinajstić information content (AvgIpc) is 2.66. The third-order valence-electron chi connectivity index (χ3n) is 4.30. The van der Waals surface area contributed by atoms with Gasteiger partial charge in [0.2, 0.25) is 5.95 Å². The van der Waals surface area contributed by atoms with Gasteiger partial charge >= 0.3 is 0 Å². The molecule has 0 unspecified atom stereocenters. The quantitative estimate of drug-likeness (QED) is 0.796. The molecule has 1 aromatic rings. The molecular weight excluding hydrogens is 266 g/mol. The summed E-state index contributed by atoms with van der Waals surface area (Å²) in [6.07, 6.45) is 0. The molecule has 2 fully saturated rings. The second-order valence-corrected chi connectivity index (χ2v) is 6.46. The van der Waals surface area contributed by atoms with Gasteiger partial charge in [0, 0.05) is 51.4 Å². The summed E-state index contributed by atoms with van der Waals surface area (Å²) < 4.78 is 5.79. The van der Waals surface area contributed by atoms with Gasteiger partial charge < -0.3 is 14.5 Å². The topological polar surface area (TPSA) is 44.7 Å². The van der Waals surface area contributed by atoms with Crippen molar-refractivity contribution in [1.82, 2.24) is 14.9 Å². The molecular formula is C15H25N5O. The third-order valence-corrected chi connectivity index (χ3v) is 4.30. The number of rotatable bonds is 2. The molecule has 0 aliphatic carbocycles. The van der Waals surface area contributed by atoms with Crippen LogP contribution in [-0.4, -0.2) is 74.9 Å². The van der Waals surface area contributed by atoms with E-state index in [-0.39, 0.29) is 0 Å². The highest BCUT2D eigenvalue weighted by molar-refractivity contribution is 5.46. The lowest BCUT2D eigenvalue weighted by Gasteiger charge is -2.31. The van der Waals surface area contributed by atoms with E-state index in [1.165, 1.54) is 0 Å². The van der Waals surface area contributed by atoms with Crippen LogP contribution in [0.1, 0.15) is 5.69 Å². The Bertz CT molecular complexity index is 507. The van der Waals surface area contributed by atoms with Gasteiger partial charge in [-0.1, -0.05) is 0 Å². The Labute approximate surface area is 126 Å². The van der Waals surface area contributed by atoms with E-state index in [0.29, 0.717) is 12.0 Å². The first-order chi connectivity index (χ1) is 10.0. The number of aryl methyl sites for hydroxylation is 1. The zero-order valence-corrected chi connectivity index (χ0v) is 13.4. The highest BCUT2D eigenvalue weighted by Gasteiger charge is 2.32. The lowest BCUT2D eigenvalue weighted by atomic mass is 10.1. The van der Waals surface area contributed by atoms with Crippen molar-refractivity contribution in [3.05, 3.63) is 11.8 Å². The highest BCUT2D eigenvalue weighted by atomic mass is 16.5. The molecule has 2 aliphatic rings. The lowest BCUT2D eigenvalue weighted by Crippen LogP contribution is -2.42. The molecule has 6 nitrogen and oxygen atoms in total. The fraction of sp³-hybridized carbons (Fsp3) is 0.733. The van der Waals surface area contributed by atoms with Crippen LogP contribution in [0.4, 0.5) is 11.8 Å². The van der Waals surface area contributed by atoms with Crippen molar-refractivity contribution in [2.75, 3.05) is 63.8 Å². The Morgan fingerprint density at radius 1 is 1.19 bits per heavy atom. The number of hydrogen-bond donors (Lipinski definition) is 0. The van der Waals surface area contributed by atoms with Crippen LogP contribution in [0.25, 0.3) is 0 Å². The number of likely N-dealkylation sites (N-methyl/N-ethyl adjacent to an activating group) is 1. The van der Waals surface area contributed by atoms with Crippen LogP contribution in [-0.2, 0) is 4.74 Å². The fourth-order valence-corrected chi connectivity index (χ4v) is 3.14. The summed E-state index contributed by atoms with van der Waals surface area (Å²) in [7, 11) is 6.17. The molecule has 2 atom stereocenters. The van der Waals surface area contributed by atoms with Gasteiger partial charge in [-0.2, -0.15) is 4.98 Å². The average molecular weight is 291 g/mol. The van der Waals surface area contributed by atoms with Gasteiger partial charge in [-0.15, -0.1) is 0 Å². The molecule has 21 heavy (non-hydrogen) atoms. The zero-order chi connectivity index (χ0) is 15.0. The molecule has 0 amide bonds. The molecule has 2 saturated heterocycles. The fourth-order valence-electron chi connectivity index (χ4n) is 3.14. The summed E-state index contributed by atoms with van der Waals surface area (Å²) in [5, 5.41) is 0. The number of hydrogen-bond acceptors (Lipinski definition) is 6. The van der Waals surface area contributed by atoms with Crippen LogP contribution in [0.15, 0.2) is 6.07 Å². The molecule has 0 radical (unpaired) electrons. The second-order valence-electron chi connectivity index (χ2n) is 6.46. The molecule has 2 bridgehead atoms. The first kappa shape index (κ1) is 14.5. The van der Waals surface area contributed by atoms with Crippen molar-refractivity contribution in [2.24, 2.45) is 5.92 Å². The summed E-state index contributed by atoms with van der Waals surface area (Å²) in [6, 6.07) is 2.53. The van der Waals surface area contributed by atoms with E-state index in [1.807, 2.05) is 25.9 Å². The van der Waals surface area contributed by atoms with E-state index in [0.717, 1.165) is 50.3 Å². The Balaban J connectivity index is 1.89. The number of nitrogens with zero attached hydrogens (tertiary/aromatic N) is 5. The minimum absolute atomic E-state index is 0.440. The van der Waals surface area contributed by atoms with Crippen molar-refractivity contribution >= 4 is 11.8 Å². The molecule has 6 heteroatoms. The molecule has 0 saturated carbocycles. The summed E-state index contributed by atoms with van der Waals surface area (Å²) in [6.45, 7) is 6.77. The largest absolute Gasteiger partial charge is 0.379 e. The first-order valence-electron chi connectivity index (χ1n) is 7.59. The zero-order valence-electron chi connectivity index (χ0n) is 13.4. The van der Waals surface area contributed by atoms with E-state index in [9.17, 15) is 0 Å². The van der Waals surface area contributed by atoms with E-state index in [2.05, 4.69) is 27.9 Å². The van der Waals surface area contributed by atoms with Gasteiger partial charge in [0.05, 0.1) is 19.3 Å². The van der Waals surface area contributed by atoms with E-state index >= 15 is 0 Å².